The molecule has 0 saturated heterocycles. The van der Waals surface area contributed by atoms with E-state index in [1.54, 1.807) is 0 Å². The first-order valence-corrected chi connectivity index (χ1v) is 10.4. The third-order valence-corrected chi connectivity index (χ3v) is 6.35. The first kappa shape index (κ1) is 18.8. The molecule has 1 aromatic carbocycles. The van der Waals surface area contributed by atoms with Crippen LogP contribution in [0.2, 0.25) is 0 Å². The second kappa shape index (κ2) is 7.81. The Morgan fingerprint density at radius 3 is 2.57 bits per heavy atom. The number of urea groups is 1. The van der Waals surface area contributed by atoms with E-state index in [-0.39, 0.29) is 6.03 Å². The third kappa shape index (κ3) is 3.98. The smallest absolute Gasteiger partial charge is 0.319 e. The first-order valence-electron chi connectivity index (χ1n) is 9.58. The van der Waals surface area contributed by atoms with Crippen molar-refractivity contribution < 1.29 is 4.79 Å². The van der Waals surface area contributed by atoms with Gasteiger partial charge in [0.2, 0.25) is 0 Å². The Balaban J connectivity index is 1.53. The van der Waals surface area contributed by atoms with Crippen molar-refractivity contribution in [1.82, 2.24) is 14.8 Å². The molecule has 0 bridgehead atoms. The number of benzene rings is 1. The van der Waals surface area contributed by atoms with Crippen LogP contribution in [0.1, 0.15) is 27.1 Å². The molecule has 0 unspecified atom stereocenters. The summed E-state index contributed by atoms with van der Waals surface area (Å²) >= 11 is 1.83. The van der Waals surface area contributed by atoms with E-state index in [2.05, 4.69) is 45.6 Å². The van der Waals surface area contributed by atoms with Crippen molar-refractivity contribution in [2.24, 2.45) is 0 Å². The van der Waals surface area contributed by atoms with Crippen LogP contribution in [0.15, 0.2) is 42.7 Å². The number of thiophene rings is 1. The predicted octanol–water partition coefficient (Wildman–Crippen LogP) is 4.47. The summed E-state index contributed by atoms with van der Waals surface area (Å²) in [7, 11) is 2.16. The maximum atomic E-state index is 12.5. The van der Waals surface area contributed by atoms with Crippen LogP contribution in [-0.2, 0) is 19.5 Å². The molecule has 0 radical (unpaired) electrons. The average molecular weight is 395 g/mol. The highest BCUT2D eigenvalue weighted by Gasteiger charge is 2.23. The van der Waals surface area contributed by atoms with Crippen LogP contribution >= 0.6 is 11.3 Å². The van der Waals surface area contributed by atoms with Gasteiger partial charge in [0.1, 0.15) is 5.00 Å². The molecule has 2 N–H and O–H groups in total. The van der Waals surface area contributed by atoms with Crippen LogP contribution in [0, 0.1) is 13.8 Å². The minimum atomic E-state index is -0.170. The number of anilines is 1. The maximum Gasteiger partial charge on any atom is 0.319 e. The highest BCUT2D eigenvalue weighted by Crippen LogP contribution is 2.35. The van der Waals surface area contributed by atoms with Crippen molar-refractivity contribution in [2.75, 3.05) is 18.9 Å². The number of hydrogen-bond acceptors (Lipinski definition) is 3. The monoisotopic (exact) mass is 394 g/mol. The number of nitrogens with one attached hydrogen (secondary N) is 2. The van der Waals surface area contributed by atoms with Crippen molar-refractivity contribution >= 4 is 23.1 Å². The Morgan fingerprint density at radius 1 is 1.14 bits per heavy atom. The standard InChI is InChI=1S/C22H26N4OS/c1-15-10-16(2)12-17(11-15)24-22(27)23-13-19-18-6-9-25(3)14-20(18)28-21(19)26-7-4-5-8-26/h4-5,7-8,10-12H,6,9,13-14H2,1-3H3,(H2,23,24,27). The number of amides is 2. The molecule has 2 aromatic heterocycles. The van der Waals surface area contributed by atoms with E-state index >= 15 is 0 Å². The van der Waals surface area contributed by atoms with E-state index in [4.69, 9.17) is 0 Å². The number of aromatic nitrogens is 1. The van der Waals surface area contributed by atoms with Gasteiger partial charge in [0.25, 0.3) is 0 Å². The molecule has 2 amide bonds. The van der Waals surface area contributed by atoms with Crippen molar-refractivity contribution in [3.63, 3.8) is 0 Å². The van der Waals surface area contributed by atoms with Gasteiger partial charge >= 0.3 is 6.03 Å². The van der Waals surface area contributed by atoms with Crippen molar-refractivity contribution in [3.8, 4) is 5.00 Å². The Bertz CT molecular complexity index is 970. The van der Waals surface area contributed by atoms with Crippen LogP contribution in [-0.4, -0.2) is 29.1 Å². The molecule has 3 aromatic rings. The summed E-state index contributed by atoms with van der Waals surface area (Å²) in [6, 6.07) is 9.97. The fraction of sp³-hybridized carbons (Fsp3) is 0.318. The van der Waals surface area contributed by atoms with Crippen molar-refractivity contribution in [2.45, 2.75) is 33.4 Å². The fourth-order valence-electron chi connectivity index (χ4n) is 3.83. The van der Waals surface area contributed by atoms with Crippen LogP contribution < -0.4 is 10.6 Å². The van der Waals surface area contributed by atoms with E-state index in [0.717, 1.165) is 36.3 Å². The van der Waals surface area contributed by atoms with Crippen LogP contribution in [0.25, 0.3) is 5.00 Å². The normalized spacial score (nSPS) is 14.0. The quantitative estimate of drug-likeness (QED) is 0.686. The molecular weight excluding hydrogens is 368 g/mol. The molecule has 4 rings (SSSR count). The molecule has 6 heteroatoms. The first-order chi connectivity index (χ1) is 13.5. The average Bonchev–Trinajstić information content (AvgIpc) is 3.26. The van der Waals surface area contributed by atoms with Crippen molar-refractivity contribution in [3.05, 3.63) is 69.9 Å². The molecule has 5 nitrogen and oxygen atoms in total. The molecule has 28 heavy (non-hydrogen) atoms. The zero-order valence-corrected chi connectivity index (χ0v) is 17.4. The predicted molar refractivity (Wildman–Crippen MR) is 115 cm³/mol. The number of carbonyl (C=O) groups excluding carboxylic acids is 1. The molecule has 1 aliphatic heterocycles. The topological polar surface area (TPSA) is 49.3 Å². The number of nitrogens with zero attached hydrogens (tertiary/aromatic N) is 2. The van der Waals surface area contributed by atoms with Gasteiger partial charge in [-0.25, -0.2) is 4.79 Å². The van der Waals surface area contributed by atoms with Gasteiger partial charge in [-0.1, -0.05) is 6.07 Å². The van der Waals surface area contributed by atoms with Gasteiger partial charge in [-0.2, -0.15) is 0 Å². The van der Waals surface area contributed by atoms with Crippen molar-refractivity contribution in [1.29, 1.82) is 0 Å². The SMILES string of the molecule is Cc1cc(C)cc(NC(=O)NCc2c(-n3cccc3)sc3c2CCN(C)C3)c1. The molecule has 0 spiro atoms. The van der Waals surface area contributed by atoms with E-state index in [1.807, 2.05) is 49.4 Å². The lowest BCUT2D eigenvalue weighted by molar-refractivity contribution is 0.251. The van der Waals surface area contributed by atoms with Gasteiger partial charge in [-0.05, 0) is 68.3 Å². The van der Waals surface area contributed by atoms with Crippen LogP contribution in [0.4, 0.5) is 10.5 Å². The highest BCUT2D eigenvalue weighted by atomic mass is 32.1. The van der Waals surface area contributed by atoms with E-state index in [9.17, 15) is 4.79 Å². The molecule has 1 aliphatic rings. The molecule has 0 aliphatic carbocycles. The molecular formula is C22H26N4OS. The second-order valence-corrected chi connectivity index (χ2v) is 8.63. The van der Waals surface area contributed by atoms with E-state index in [1.165, 1.54) is 21.0 Å². The zero-order valence-electron chi connectivity index (χ0n) is 16.6. The van der Waals surface area contributed by atoms with Gasteiger partial charge in [0.05, 0.1) is 0 Å². The Hall–Kier alpha value is -2.57. The summed E-state index contributed by atoms with van der Waals surface area (Å²) in [4.78, 5) is 16.3. The summed E-state index contributed by atoms with van der Waals surface area (Å²) < 4.78 is 2.15. The summed E-state index contributed by atoms with van der Waals surface area (Å²) in [6.07, 6.45) is 5.17. The Labute approximate surface area is 170 Å². The van der Waals surface area contributed by atoms with E-state index in [0.29, 0.717) is 6.54 Å². The van der Waals surface area contributed by atoms with Gasteiger partial charge in [-0.15, -0.1) is 11.3 Å². The largest absolute Gasteiger partial charge is 0.334 e. The van der Waals surface area contributed by atoms with Gasteiger partial charge < -0.3 is 20.1 Å². The zero-order chi connectivity index (χ0) is 19.7. The molecule has 0 atom stereocenters. The fourth-order valence-corrected chi connectivity index (χ4v) is 5.25. The maximum absolute atomic E-state index is 12.5. The number of hydrogen-bond donors (Lipinski definition) is 2. The summed E-state index contributed by atoms with van der Waals surface area (Å²) in [5.41, 5.74) is 5.75. The van der Waals surface area contributed by atoms with Gasteiger partial charge in [-0.3, -0.25) is 0 Å². The number of carbonyl (C=O) groups is 1. The lowest BCUT2D eigenvalue weighted by atomic mass is 10.0. The Kier molecular flexibility index (Phi) is 5.24. The number of fused-ring (bicyclic) bond motifs is 1. The minimum Gasteiger partial charge on any atom is -0.334 e. The highest BCUT2D eigenvalue weighted by molar-refractivity contribution is 7.14. The lowest BCUT2D eigenvalue weighted by Crippen LogP contribution is -2.30. The summed E-state index contributed by atoms with van der Waals surface area (Å²) in [6.45, 7) is 6.63. The molecule has 146 valence electrons. The number of aryl methyl sites for hydroxylation is 2. The number of likely N-dealkylation sites (N-methyl/N-ethyl adjacent to an activating group) is 1. The number of rotatable bonds is 4. The summed E-state index contributed by atoms with van der Waals surface area (Å²) in [5.74, 6) is 0. The lowest BCUT2D eigenvalue weighted by Gasteiger charge is -2.22. The van der Waals surface area contributed by atoms with Gasteiger partial charge in [0.15, 0.2) is 0 Å². The second-order valence-electron chi connectivity index (χ2n) is 7.55. The van der Waals surface area contributed by atoms with E-state index < -0.39 is 0 Å². The third-order valence-electron chi connectivity index (χ3n) is 5.08. The minimum absolute atomic E-state index is 0.170. The Morgan fingerprint density at radius 2 is 1.86 bits per heavy atom. The molecule has 0 fully saturated rings. The molecule has 0 saturated carbocycles. The van der Waals surface area contributed by atoms with Crippen LogP contribution in [0.3, 0.4) is 0 Å². The summed E-state index contributed by atoms with van der Waals surface area (Å²) in [5, 5.41) is 7.24. The van der Waals surface area contributed by atoms with Gasteiger partial charge in [0, 0.05) is 48.2 Å². The molecule has 3 heterocycles. The van der Waals surface area contributed by atoms with Crippen LogP contribution in [0.5, 0.6) is 0 Å².